The Hall–Kier alpha value is -1.84. The molecular formula is C15H17NO2. The lowest BCUT2D eigenvalue weighted by Crippen LogP contribution is -2.23. The van der Waals surface area contributed by atoms with Gasteiger partial charge in [-0.05, 0) is 11.6 Å². The van der Waals surface area contributed by atoms with Crippen molar-refractivity contribution in [1.82, 2.24) is 5.32 Å². The maximum Gasteiger partial charge on any atom is 0.120 e. The molecular weight excluding hydrogens is 226 g/mol. The summed E-state index contributed by atoms with van der Waals surface area (Å²) in [6.45, 7) is 0.546. The molecule has 0 aromatic heterocycles. The van der Waals surface area contributed by atoms with Crippen molar-refractivity contribution in [3.8, 4) is 5.75 Å². The molecule has 0 aliphatic rings. The van der Waals surface area contributed by atoms with Crippen LogP contribution >= 0.6 is 0 Å². The molecule has 3 nitrogen and oxygen atoms in total. The summed E-state index contributed by atoms with van der Waals surface area (Å²) in [5.74, 6) is 0.273. The number of phenols is 1. The predicted octanol–water partition coefficient (Wildman–Crippen LogP) is 2.22. The van der Waals surface area contributed by atoms with Crippen LogP contribution in [0.25, 0.3) is 0 Å². The van der Waals surface area contributed by atoms with E-state index < -0.39 is 0 Å². The summed E-state index contributed by atoms with van der Waals surface area (Å²) in [4.78, 5) is 0. The largest absolute Gasteiger partial charge is 0.508 e. The van der Waals surface area contributed by atoms with Crippen LogP contribution in [0.1, 0.15) is 17.2 Å². The van der Waals surface area contributed by atoms with Crippen LogP contribution in [0.3, 0.4) is 0 Å². The smallest absolute Gasteiger partial charge is 0.120 e. The standard InChI is InChI=1S/C15H17NO2/c17-11-14(12-6-2-1-3-7-12)16-10-13-8-4-5-9-15(13)18/h1-9,14,16-18H,10-11H2. The van der Waals surface area contributed by atoms with Crippen LogP contribution in [0.2, 0.25) is 0 Å². The van der Waals surface area contributed by atoms with E-state index in [9.17, 15) is 10.2 Å². The summed E-state index contributed by atoms with van der Waals surface area (Å²) in [5, 5.41) is 22.3. The lowest BCUT2D eigenvalue weighted by Gasteiger charge is -2.17. The van der Waals surface area contributed by atoms with Gasteiger partial charge in [0.15, 0.2) is 0 Å². The normalized spacial score (nSPS) is 12.3. The van der Waals surface area contributed by atoms with Crippen molar-refractivity contribution in [1.29, 1.82) is 0 Å². The van der Waals surface area contributed by atoms with E-state index in [-0.39, 0.29) is 18.4 Å². The van der Waals surface area contributed by atoms with Gasteiger partial charge >= 0.3 is 0 Å². The molecule has 0 saturated heterocycles. The van der Waals surface area contributed by atoms with Gasteiger partial charge in [-0.25, -0.2) is 0 Å². The molecule has 2 aromatic rings. The number of aromatic hydroxyl groups is 1. The zero-order valence-electron chi connectivity index (χ0n) is 10.1. The maximum absolute atomic E-state index is 9.66. The van der Waals surface area contributed by atoms with Crippen LogP contribution < -0.4 is 5.32 Å². The van der Waals surface area contributed by atoms with Gasteiger partial charge in [0.25, 0.3) is 0 Å². The van der Waals surface area contributed by atoms with E-state index in [4.69, 9.17) is 0 Å². The number of aliphatic hydroxyl groups excluding tert-OH is 1. The van der Waals surface area contributed by atoms with Gasteiger partial charge in [-0.15, -0.1) is 0 Å². The van der Waals surface area contributed by atoms with E-state index >= 15 is 0 Å². The first-order valence-corrected chi connectivity index (χ1v) is 5.97. The molecule has 0 bridgehead atoms. The molecule has 0 aliphatic heterocycles. The first-order chi connectivity index (χ1) is 8.81. The predicted molar refractivity (Wildman–Crippen MR) is 71.2 cm³/mol. The molecule has 0 radical (unpaired) electrons. The topological polar surface area (TPSA) is 52.5 Å². The van der Waals surface area contributed by atoms with Crippen molar-refractivity contribution in [2.24, 2.45) is 0 Å². The molecule has 18 heavy (non-hydrogen) atoms. The zero-order chi connectivity index (χ0) is 12.8. The molecule has 0 heterocycles. The minimum absolute atomic E-state index is 0.0254. The Morgan fingerprint density at radius 1 is 0.944 bits per heavy atom. The molecule has 3 N–H and O–H groups in total. The molecule has 0 saturated carbocycles. The first-order valence-electron chi connectivity index (χ1n) is 5.97. The van der Waals surface area contributed by atoms with Gasteiger partial charge in [0.05, 0.1) is 12.6 Å². The highest BCUT2D eigenvalue weighted by molar-refractivity contribution is 5.31. The van der Waals surface area contributed by atoms with Crippen molar-refractivity contribution >= 4 is 0 Å². The third-order valence-corrected chi connectivity index (χ3v) is 2.92. The number of nitrogens with one attached hydrogen (secondary N) is 1. The van der Waals surface area contributed by atoms with E-state index in [1.165, 1.54) is 0 Å². The second kappa shape index (κ2) is 6.19. The second-order valence-corrected chi connectivity index (χ2v) is 4.16. The molecule has 2 aromatic carbocycles. The average Bonchev–Trinajstić information content (AvgIpc) is 2.42. The lowest BCUT2D eigenvalue weighted by atomic mass is 10.1. The summed E-state index contributed by atoms with van der Waals surface area (Å²) in [5.41, 5.74) is 1.86. The van der Waals surface area contributed by atoms with Crippen molar-refractivity contribution in [3.63, 3.8) is 0 Å². The number of hydrogen-bond acceptors (Lipinski definition) is 3. The number of benzene rings is 2. The first kappa shape index (κ1) is 12.6. The van der Waals surface area contributed by atoms with Crippen LogP contribution in [-0.2, 0) is 6.54 Å². The molecule has 94 valence electrons. The van der Waals surface area contributed by atoms with Crippen LogP contribution in [0, 0.1) is 0 Å². The Kier molecular flexibility index (Phi) is 4.34. The quantitative estimate of drug-likeness (QED) is 0.754. The number of para-hydroxylation sites is 1. The third kappa shape index (κ3) is 3.09. The second-order valence-electron chi connectivity index (χ2n) is 4.16. The van der Waals surface area contributed by atoms with Crippen LogP contribution in [-0.4, -0.2) is 16.8 Å². The molecule has 0 spiro atoms. The van der Waals surface area contributed by atoms with E-state index in [0.717, 1.165) is 11.1 Å². The molecule has 1 atom stereocenters. The van der Waals surface area contributed by atoms with Crippen molar-refractivity contribution in [3.05, 3.63) is 65.7 Å². The average molecular weight is 243 g/mol. The maximum atomic E-state index is 9.66. The van der Waals surface area contributed by atoms with Gasteiger partial charge < -0.3 is 15.5 Å². The summed E-state index contributed by atoms with van der Waals surface area (Å²) in [6.07, 6.45) is 0. The Labute approximate surface area is 107 Å². The number of aliphatic hydroxyl groups is 1. The van der Waals surface area contributed by atoms with Crippen LogP contribution in [0.15, 0.2) is 54.6 Å². The molecule has 0 fully saturated rings. The Bertz CT molecular complexity index is 485. The van der Waals surface area contributed by atoms with Crippen molar-refractivity contribution in [2.45, 2.75) is 12.6 Å². The van der Waals surface area contributed by atoms with Crippen LogP contribution in [0.5, 0.6) is 5.75 Å². The Morgan fingerprint density at radius 2 is 1.61 bits per heavy atom. The SMILES string of the molecule is OCC(NCc1ccccc1O)c1ccccc1. The van der Waals surface area contributed by atoms with Gasteiger partial charge in [-0.1, -0.05) is 48.5 Å². The molecule has 0 aliphatic carbocycles. The number of phenolic OH excluding ortho intramolecular Hbond substituents is 1. The number of rotatable bonds is 5. The van der Waals surface area contributed by atoms with Crippen molar-refractivity contribution < 1.29 is 10.2 Å². The highest BCUT2D eigenvalue weighted by Crippen LogP contribution is 2.17. The fourth-order valence-electron chi connectivity index (χ4n) is 1.87. The fourth-order valence-corrected chi connectivity index (χ4v) is 1.87. The fraction of sp³-hybridized carbons (Fsp3) is 0.200. The molecule has 2 rings (SSSR count). The van der Waals surface area contributed by atoms with Gasteiger partial charge in [0, 0.05) is 12.1 Å². The molecule has 0 amide bonds. The molecule has 1 unspecified atom stereocenters. The Balaban J connectivity index is 2.02. The highest BCUT2D eigenvalue weighted by Gasteiger charge is 2.09. The zero-order valence-corrected chi connectivity index (χ0v) is 10.1. The van der Waals surface area contributed by atoms with Gasteiger partial charge in [-0.2, -0.15) is 0 Å². The van der Waals surface area contributed by atoms with Crippen LogP contribution in [0.4, 0.5) is 0 Å². The lowest BCUT2D eigenvalue weighted by molar-refractivity contribution is 0.243. The summed E-state index contributed by atoms with van der Waals surface area (Å²) >= 11 is 0. The van der Waals surface area contributed by atoms with Gasteiger partial charge in [0.1, 0.15) is 5.75 Å². The van der Waals surface area contributed by atoms with Gasteiger partial charge in [-0.3, -0.25) is 0 Å². The van der Waals surface area contributed by atoms with E-state index in [2.05, 4.69) is 5.32 Å². The van der Waals surface area contributed by atoms with Gasteiger partial charge in [0.2, 0.25) is 0 Å². The van der Waals surface area contributed by atoms with E-state index in [1.54, 1.807) is 12.1 Å². The Morgan fingerprint density at radius 3 is 2.28 bits per heavy atom. The number of hydrogen-bond donors (Lipinski definition) is 3. The third-order valence-electron chi connectivity index (χ3n) is 2.92. The summed E-state index contributed by atoms with van der Waals surface area (Å²) in [7, 11) is 0. The monoisotopic (exact) mass is 243 g/mol. The molecule has 3 heteroatoms. The minimum Gasteiger partial charge on any atom is -0.508 e. The van der Waals surface area contributed by atoms with E-state index in [1.807, 2.05) is 42.5 Å². The van der Waals surface area contributed by atoms with Crippen molar-refractivity contribution in [2.75, 3.05) is 6.61 Å². The van der Waals surface area contributed by atoms with E-state index in [0.29, 0.717) is 6.54 Å². The summed E-state index contributed by atoms with van der Waals surface area (Å²) in [6, 6.07) is 16.9. The summed E-state index contributed by atoms with van der Waals surface area (Å²) < 4.78 is 0. The highest BCUT2D eigenvalue weighted by atomic mass is 16.3. The minimum atomic E-state index is -0.120.